The molecule has 0 spiro atoms. The van der Waals surface area contributed by atoms with E-state index in [2.05, 4.69) is 21.4 Å². The summed E-state index contributed by atoms with van der Waals surface area (Å²) in [4.78, 5) is 25.6. The van der Waals surface area contributed by atoms with Crippen LogP contribution in [0.15, 0.2) is 54.2 Å². The van der Waals surface area contributed by atoms with Gasteiger partial charge < -0.3 is 4.57 Å². The summed E-state index contributed by atoms with van der Waals surface area (Å²) in [6.45, 7) is 0.370. The average molecular weight is 460 g/mol. The Morgan fingerprint density at radius 1 is 1.12 bits per heavy atom. The Kier molecular flexibility index (Phi) is 6.08. The van der Waals surface area contributed by atoms with E-state index in [0.29, 0.717) is 17.4 Å². The number of carbonyl (C=O) groups is 1. The molecule has 1 aliphatic rings. The van der Waals surface area contributed by atoms with Crippen LogP contribution in [0, 0.1) is 5.95 Å². The molecule has 1 N–H and O–H groups in total. The highest BCUT2D eigenvalue weighted by atomic mass is 32.1. The van der Waals surface area contributed by atoms with Crippen molar-refractivity contribution in [2.45, 2.75) is 32.2 Å². The number of nitrogens with one attached hydrogen (secondary N) is 1. The van der Waals surface area contributed by atoms with Crippen LogP contribution in [0.4, 0.5) is 9.52 Å². The molecule has 1 amide bonds. The van der Waals surface area contributed by atoms with E-state index in [9.17, 15) is 9.18 Å². The molecule has 4 aromatic heterocycles. The van der Waals surface area contributed by atoms with Crippen LogP contribution in [0.3, 0.4) is 0 Å². The van der Waals surface area contributed by atoms with Gasteiger partial charge in [0, 0.05) is 30.0 Å². The highest BCUT2D eigenvalue weighted by molar-refractivity contribution is 7.14. The summed E-state index contributed by atoms with van der Waals surface area (Å²) in [5, 5.41) is 5.26. The summed E-state index contributed by atoms with van der Waals surface area (Å²) in [7, 11) is 0. The quantitative estimate of drug-likeness (QED) is 0.401. The number of thiazole rings is 1. The SMILES string of the molecule is O=C(Nc1nc(C=Cc2ccc3c(n2)CCCC3)cs1)c1cccn1Cc1ccnc(F)c1. The Hall–Kier alpha value is -3.65. The van der Waals surface area contributed by atoms with Crippen molar-refractivity contribution in [3.05, 3.63) is 94.0 Å². The third-order valence-corrected chi connectivity index (χ3v) is 6.35. The van der Waals surface area contributed by atoms with Gasteiger partial charge in [-0.3, -0.25) is 15.1 Å². The Bertz CT molecular complexity index is 1330. The summed E-state index contributed by atoms with van der Waals surface area (Å²) in [6, 6.07) is 10.8. The number of anilines is 1. The highest BCUT2D eigenvalue weighted by Gasteiger charge is 2.14. The number of halogens is 1. The summed E-state index contributed by atoms with van der Waals surface area (Å²) in [6.07, 6.45) is 11.7. The largest absolute Gasteiger partial charge is 0.339 e. The van der Waals surface area contributed by atoms with Gasteiger partial charge in [0.15, 0.2) is 5.13 Å². The number of amides is 1. The van der Waals surface area contributed by atoms with E-state index < -0.39 is 5.95 Å². The number of hydrogen-bond acceptors (Lipinski definition) is 5. The van der Waals surface area contributed by atoms with Crippen molar-refractivity contribution in [1.29, 1.82) is 0 Å². The van der Waals surface area contributed by atoms with Gasteiger partial charge >= 0.3 is 0 Å². The van der Waals surface area contributed by atoms with E-state index in [1.807, 2.05) is 23.6 Å². The van der Waals surface area contributed by atoms with Crippen LogP contribution >= 0.6 is 11.3 Å². The topological polar surface area (TPSA) is 72.7 Å². The van der Waals surface area contributed by atoms with Gasteiger partial charge in [-0.15, -0.1) is 11.3 Å². The van der Waals surface area contributed by atoms with Gasteiger partial charge in [0.2, 0.25) is 5.95 Å². The average Bonchev–Trinajstić information content (AvgIpc) is 3.47. The molecule has 166 valence electrons. The van der Waals surface area contributed by atoms with Gasteiger partial charge in [-0.1, -0.05) is 6.07 Å². The first-order chi connectivity index (χ1) is 16.1. The summed E-state index contributed by atoms with van der Waals surface area (Å²) in [5.41, 5.74) is 5.43. The van der Waals surface area contributed by atoms with Crippen molar-refractivity contribution in [2.24, 2.45) is 0 Å². The van der Waals surface area contributed by atoms with E-state index >= 15 is 0 Å². The number of nitrogens with zero attached hydrogens (tertiary/aromatic N) is 4. The van der Waals surface area contributed by atoms with Crippen LogP contribution in [0.5, 0.6) is 0 Å². The molecule has 33 heavy (non-hydrogen) atoms. The van der Waals surface area contributed by atoms with Crippen molar-refractivity contribution in [2.75, 3.05) is 5.32 Å². The molecule has 0 aliphatic heterocycles. The molecule has 4 heterocycles. The second-order valence-corrected chi connectivity index (χ2v) is 8.78. The van der Waals surface area contributed by atoms with Gasteiger partial charge in [-0.05, 0) is 79.3 Å². The lowest BCUT2D eigenvalue weighted by atomic mass is 9.96. The summed E-state index contributed by atoms with van der Waals surface area (Å²) in [5.74, 6) is -0.810. The number of aromatic nitrogens is 4. The second-order valence-electron chi connectivity index (χ2n) is 7.92. The van der Waals surface area contributed by atoms with E-state index in [0.717, 1.165) is 29.8 Å². The second kappa shape index (κ2) is 9.46. The number of hydrogen-bond donors (Lipinski definition) is 1. The first-order valence-electron chi connectivity index (χ1n) is 10.8. The van der Waals surface area contributed by atoms with Gasteiger partial charge in [0.1, 0.15) is 5.69 Å². The maximum Gasteiger partial charge on any atom is 0.274 e. The molecule has 0 radical (unpaired) electrons. The van der Waals surface area contributed by atoms with Gasteiger partial charge in [0.25, 0.3) is 5.91 Å². The lowest BCUT2D eigenvalue weighted by molar-refractivity contribution is 0.101. The molecule has 0 aromatic carbocycles. The number of pyridine rings is 2. The van der Waals surface area contributed by atoms with Crippen LogP contribution in [0.25, 0.3) is 12.2 Å². The molecule has 0 saturated carbocycles. The number of aryl methyl sites for hydroxylation is 2. The van der Waals surface area contributed by atoms with Gasteiger partial charge in [0.05, 0.1) is 11.4 Å². The standard InChI is InChI=1S/C25H22FN5OS/c26-23-14-17(11-12-27-23)15-31-13-3-6-22(31)24(32)30-25-29-20(16-33-25)10-9-19-8-7-18-4-1-2-5-21(18)28-19/h3,6-14,16H,1-2,4-5,15H2,(H,29,30,32). The minimum atomic E-state index is -0.542. The lowest BCUT2D eigenvalue weighted by Gasteiger charge is -2.14. The molecule has 1 aliphatic carbocycles. The fourth-order valence-corrected chi connectivity index (χ4v) is 4.61. The molecule has 0 atom stereocenters. The fraction of sp³-hybridized carbons (Fsp3) is 0.200. The molecule has 0 bridgehead atoms. The van der Waals surface area contributed by atoms with Crippen molar-refractivity contribution in [3.63, 3.8) is 0 Å². The minimum Gasteiger partial charge on any atom is -0.339 e. The third-order valence-electron chi connectivity index (χ3n) is 5.57. The smallest absolute Gasteiger partial charge is 0.274 e. The van der Waals surface area contributed by atoms with E-state index in [1.54, 1.807) is 29.0 Å². The maximum absolute atomic E-state index is 13.4. The molecule has 5 rings (SSSR count). The van der Waals surface area contributed by atoms with Crippen molar-refractivity contribution >= 4 is 34.5 Å². The Morgan fingerprint density at radius 3 is 2.91 bits per heavy atom. The van der Waals surface area contributed by atoms with Crippen molar-refractivity contribution < 1.29 is 9.18 Å². The molecule has 0 fully saturated rings. The zero-order chi connectivity index (χ0) is 22.6. The maximum atomic E-state index is 13.4. The lowest BCUT2D eigenvalue weighted by Crippen LogP contribution is -2.17. The van der Waals surface area contributed by atoms with Crippen LogP contribution in [0.2, 0.25) is 0 Å². The summed E-state index contributed by atoms with van der Waals surface area (Å²) < 4.78 is 15.1. The molecule has 0 saturated heterocycles. The fourth-order valence-electron chi connectivity index (χ4n) is 3.94. The number of rotatable bonds is 6. The highest BCUT2D eigenvalue weighted by Crippen LogP contribution is 2.22. The van der Waals surface area contributed by atoms with Crippen LogP contribution in [-0.2, 0) is 19.4 Å². The minimum absolute atomic E-state index is 0.268. The molecule has 4 aromatic rings. The molecule has 6 nitrogen and oxygen atoms in total. The van der Waals surface area contributed by atoms with E-state index in [-0.39, 0.29) is 5.91 Å². The molecule has 8 heteroatoms. The number of carbonyl (C=O) groups excluding carboxylic acids is 1. The molecular formula is C25H22FN5OS. The van der Waals surface area contributed by atoms with E-state index in [4.69, 9.17) is 4.98 Å². The zero-order valence-corrected chi connectivity index (χ0v) is 18.7. The first-order valence-corrected chi connectivity index (χ1v) is 11.7. The molecule has 0 unspecified atom stereocenters. The third kappa shape index (κ3) is 5.06. The Labute approximate surface area is 194 Å². The van der Waals surface area contributed by atoms with Crippen LogP contribution in [0.1, 0.15) is 51.5 Å². The first kappa shape index (κ1) is 21.2. The van der Waals surface area contributed by atoms with Crippen LogP contribution in [-0.4, -0.2) is 25.4 Å². The van der Waals surface area contributed by atoms with Gasteiger partial charge in [-0.2, -0.15) is 4.39 Å². The van der Waals surface area contributed by atoms with Gasteiger partial charge in [-0.25, -0.2) is 9.97 Å². The summed E-state index contributed by atoms with van der Waals surface area (Å²) >= 11 is 1.36. The van der Waals surface area contributed by atoms with Crippen LogP contribution < -0.4 is 5.32 Å². The predicted molar refractivity (Wildman–Crippen MR) is 128 cm³/mol. The number of fused-ring (bicyclic) bond motifs is 1. The Morgan fingerprint density at radius 2 is 2.00 bits per heavy atom. The van der Waals surface area contributed by atoms with Crippen molar-refractivity contribution in [3.8, 4) is 0 Å². The monoisotopic (exact) mass is 459 g/mol. The molecular weight excluding hydrogens is 437 g/mol. The predicted octanol–water partition coefficient (Wildman–Crippen LogP) is 5.22. The van der Waals surface area contributed by atoms with E-state index in [1.165, 1.54) is 47.7 Å². The Balaban J connectivity index is 1.24. The zero-order valence-electron chi connectivity index (χ0n) is 17.9. The normalized spacial score (nSPS) is 13.2. The van der Waals surface area contributed by atoms with Crippen molar-refractivity contribution in [1.82, 2.24) is 19.5 Å².